The normalized spacial score (nSPS) is 19.8. The highest BCUT2D eigenvalue weighted by atomic mass is 16.3. The van der Waals surface area contributed by atoms with E-state index in [1.54, 1.807) is 25.7 Å². The van der Waals surface area contributed by atoms with Gasteiger partial charge < -0.3 is 10.0 Å². The van der Waals surface area contributed by atoms with E-state index in [2.05, 4.69) is 4.90 Å². The molecule has 1 fully saturated rings. The van der Waals surface area contributed by atoms with Crippen LogP contribution < -0.4 is 9.80 Å². The first-order chi connectivity index (χ1) is 14.8. The zero-order chi connectivity index (χ0) is 22.2. The number of carbonyl (C=O) groups excluding carboxylic acids is 2. The standard InChI is InChI=1S/C26H30N2O3/c1-26(2,3)24(30)21-22(18-10-6-4-7-11-18)28(25(31)23(21)29)20-14-12-19(13-15-20)27-16-8-5-9-17-27/h4,6-7,10-15,22,29H,5,8-9,16-17H2,1-3H3. The Bertz CT molecular complexity index is 997. The highest BCUT2D eigenvalue weighted by molar-refractivity contribution is 6.17. The SMILES string of the molecule is CC(C)(C)C(=O)C1=C(O)C(=O)N(c2ccc(N3CCCCC3)cc2)C1c1ccccc1. The molecule has 4 rings (SSSR count). The Morgan fingerprint density at radius 2 is 1.48 bits per heavy atom. The molecule has 1 atom stereocenters. The average Bonchev–Trinajstić information content (AvgIpc) is 3.04. The summed E-state index contributed by atoms with van der Waals surface area (Å²) in [6, 6.07) is 16.7. The summed E-state index contributed by atoms with van der Waals surface area (Å²) in [6.45, 7) is 7.50. The molecule has 31 heavy (non-hydrogen) atoms. The molecule has 0 aliphatic carbocycles. The molecule has 2 aromatic carbocycles. The molecule has 162 valence electrons. The molecule has 0 spiro atoms. The number of aliphatic hydroxyl groups excluding tert-OH is 1. The third-order valence-electron chi connectivity index (χ3n) is 6.10. The number of anilines is 2. The van der Waals surface area contributed by atoms with Crippen LogP contribution in [-0.4, -0.2) is 29.9 Å². The van der Waals surface area contributed by atoms with Gasteiger partial charge in [0.1, 0.15) is 0 Å². The number of nitrogens with zero attached hydrogens (tertiary/aromatic N) is 2. The molecule has 2 heterocycles. The molecule has 1 saturated heterocycles. The van der Waals surface area contributed by atoms with Gasteiger partial charge in [-0.3, -0.25) is 14.5 Å². The van der Waals surface area contributed by atoms with Gasteiger partial charge in [-0.05, 0) is 49.1 Å². The summed E-state index contributed by atoms with van der Waals surface area (Å²) in [4.78, 5) is 30.3. The molecule has 0 aromatic heterocycles. The van der Waals surface area contributed by atoms with Crippen LogP contribution in [0.5, 0.6) is 0 Å². The minimum Gasteiger partial charge on any atom is -0.503 e. The number of amides is 1. The first-order valence-corrected chi connectivity index (χ1v) is 11.0. The zero-order valence-corrected chi connectivity index (χ0v) is 18.5. The maximum atomic E-state index is 13.2. The van der Waals surface area contributed by atoms with Gasteiger partial charge in [0.15, 0.2) is 11.5 Å². The van der Waals surface area contributed by atoms with Crippen molar-refractivity contribution in [3.8, 4) is 0 Å². The number of ketones is 1. The predicted octanol–water partition coefficient (Wildman–Crippen LogP) is 5.19. The molecular formula is C26H30N2O3. The van der Waals surface area contributed by atoms with Crippen LogP contribution in [0.3, 0.4) is 0 Å². The number of rotatable bonds is 4. The van der Waals surface area contributed by atoms with Gasteiger partial charge in [0.05, 0.1) is 11.6 Å². The van der Waals surface area contributed by atoms with Crippen molar-refractivity contribution in [3.05, 3.63) is 71.5 Å². The molecule has 2 aliphatic rings. The van der Waals surface area contributed by atoms with E-state index in [4.69, 9.17) is 0 Å². The van der Waals surface area contributed by atoms with Crippen molar-refractivity contribution in [2.24, 2.45) is 5.41 Å². The molecule has 1 N–H and O–H groups in total. The summed E-state index contributed by atoms with van der Waals surface area (Å²) in [7, 11) is 0. The van der Waals surface area contributed by atoms with Gasteiger partial charge in [0, 0.05) is 29.9 Å². The second-order valence-corrected chi connectivity index (χ2v) is 9.39. The smallest absolute Gasteiger partial charge is 0.294 e. The van der Waals surface area contributed by atoms with Crippen LogP contribution in [0.2, 0.25) is 0 Å². The molecule has 1 amide bonds. The van der Waals surface area contributed by atoms with E-state index in [0.29, 0.717) is 5.69 Å². The van der Waals surface area contributed by atoms with E-state index in [0.717, 1.165) is 24.3 Å². The maximum Gasteiger partial charge on any atom is 0.294 e. The summed E-state index contributed by atoms with van der Waals surface area (Å²) in [5, 5.41) is 10.8. The molecular weight excluding hydrogens is 388 g/mol. The van der Waals surface area contributed by atoms with Crippen molar-refractivity contribution in [2.45, 2.75) is 46.1 Å². The number of carbonyl (C=O) groups is 2. The summed E-state index contributed by atoms with van der Waals surface area (Å²) in [6.07, 6.45) is 3.65. The van der Waals surface area contributed by atoms with Crippen molar-refractivity contribution in [1.29, 1.82) is 0 Å². The third-order valence-corrected chi connectivity index (χ3v) is 6.10. The highest BCUT2D eigenvalue weighted by Crippen LogP contribution is 2.43. The Balaban J connectivity index is 1.74. The highest BCUT2D eigenvalue weighted by Gasteiger charge is 2.46. The van der Waals surface area contributed by atoms with E-state index in [-0.39, 0.29) is 11.4 Å². The van der Waals surface area contributed by atoms with Gasteiger partial charge in [0.2, 0.25) is 0 Å². The molecule has 2 aliphatic heterocycles. The van der Waals surface area contributed by atoms with Crippen LogP contribution in [0.15, 0.2) is 65.9 Å². The summed E-state index contributed by atoms with van der Waals surface area (Å²) < 4.78 is 0. The van der Waals surface area contributed by atoms with Gasteiger partial charge >= 0.3 is 0 Å². The number of Topliss-reactive ketones (excluding diaryl/α,β-unsaturated/α-hetero) is 1. The second kappa shape index (κ2) is 8.22. The number of hydrogen-bond donors (Lipinski definition) is 1. The monoisotopic (exact) mass is 418 g/mol. The van der Waals surface area contributed by atoms with Crippen molar-refractivity contribution in [1.82, 2.24) is 0 Å². The van der Waals surface area contributed by atoms with E-state index in [1.807, 2.05) is 54.6 Å². The lowest BCUT2D eigenvalue weighted by Crippen LogP contribution is -2.33. The number of aliphatic hydroxyl groups is 1. The van der Waals surface area contributed by atoms with Gasteiger partial charge in [0.25, 0.3) is 5.91 Å². The molecule has 0 radical (unpaired) electrons. The van der Waals surface area contributed by atoms with E-state index in [1.165, 1.54) is 19.3 Å². The lowest BCUT2D eigenvalue weighted by Gasteiger charge is -2.31. The van der Waals surface area contributed by atoms with Gasteiger partial charge in [-0.15, -0.1) is 0 Å². The Kier molecular flexibility index (Phi) is 5.61. The van der Waals surface area contributed by atoms with Crippen LogP contribution in [-0.2, 0) is 9.59 Å². The fourth-order valence-electron chi connectivity index (χ4n) is 4.43. The van der Waals surface area contributed by atoms with Gasteiger partial charge in [-0.1, -0.05) is 51.1 Å². The summed E-state index contributed by atoms with van der Waals surface area (Å²) >= 11 is 0. The lowest BCUT2D eigenvalue weighted by atomic mass is 9.82. The van der Waals surface area contributed by atoms with Crippen molar-refractivity contribution in [3.63, 3.8) is 0 Å². The summed E-state index contributed by atoms with van der Waals surface area (Å²) in [5.74, 6) is -1.21. The Morgan fingerprint density at radius 3 is 2.06 bits per heavy atom. The van der Waals surface area contributed by atoms with E-state index in [9.17, 15) is 14.7 Å². The average molecular weight is 419 g/mol. The van der Waals surface area contributed by atoms with E-state index >= 15 is 0 Å². The Hall–Kier alpha value is -3.08. The first kappa shape index (κ1) is 21.2. The fourth-order valence-corrected chi connectivity index (χ4v) is 4.43. The zero-order valence-electron chi connectivity index (χ0n) is 18.5. The quantitative estimate of drug-likeness (QED) is 0.742. The van der Waals surface area contributed by atoms with Gasteiger partial charge in [-0.2, -0.15) is 0 Å². The molecule has 0 saturated carbocycles. The first-order valence-electron chi connectivity index (χ1n) is 11.0. The minimum absolute atomic E-state index is 0.170. The van der Waals surface area contributed by atoms with Gasteiger partial charge in [-0.25, -0.2) is 0 Å². The van der Waals surface area contributed by atoms with Crippen molar-refractivity contribution in [2.75, 3.05) is 22.9 Å². The predicted molar refractivity (Wildman–Crippen MR) is 123 cm³/mol. The van der Waals surface area contributed by atoms with Crippen molar-refractivity contribution >= 4 is 23.1 Å². The maximum absolute atomic E-state index is 13.2. The molecule has 5 heteroatoms. The van der Waals surface area contributed by atoms with Crippen LogP contribution >= 0.6 is 0 Å². The van der Waals surface area contributed by atoms with Crippen molar-refractivity contribution < 1.29 is 14.7 Å². The molecule has 5 nitrogen and oxygen atoms in total. The Labute approximate surface area is 184 Å². The molecule has 2 aromatic rings. The van der Waals surface area contributed by atoms with Crippen LogP contribution in [0.1, 0.15) is 51.6 Å². The minimum atomic E-state index is -0.718. The Morgan fingerprint density at radius 1 is 0.903 bits per heavy atom. The number of benzene rings is 2. The largest absolute Gasteiger partial charge is 0.503 e. The number of hydrogen-bond acceptors (Lipinski definition) is 4. The lowest BCUT2D eigenvalue weighted by molar-refractivity contribution is -0.123. The van der Waals surface area contributed by atoms with Crippen LogP contribution in [0, 0.1) is 5.41 Å². The molecule has 1 unspecified atom stereocenters. The summed E-state index contributed by atoms with van der Waals surface area (Å²) in [5.41, 5.74) is 2.05. The number of piperidine rings is 1. The van der Waals surface area contributed by atoms with Crippen LogP contribution in [0.25, 0.3) is 0 Å². The van der Waals surface area contributed by atoms with E-state index < -0.39 is 23.1 Å². The van der Waals surface area contributed by atoms with Crippen LogP contribution in [0.4, 0.5) is 11.4 Å². The molecule has 0 bridgehead atoms. The topological polar surface area (TPSA) is 60.9 Å². The second-order valence-electron chi connectivity index (χ2n) is 9.39. The fraction of sp³-hybridized carbons (Fsp3) is 0.385. The third kappa shape index (κ3) is 3.97.